The number of aromatic nitrogens is 2. The first-order valence-corrected chi connectivity index (χ1v) is 5.64. The molecule has 0 spiro atoms. The molecule has 0 radical (unpaired) electrons. The number of nitrogens with zero attached hydrogens (tertiary/aromatic N) is 2. The number of ketones is 1. The largest absolute Gasteiger partial charge is 0.289 e. The van der Waals surface area contributed by atoms with Crippen LogP contribution in [0.2, 0.25) is 0 Å². The molecule has 3 heteroatoms. The number of hydrogen-bond acceptors (Lipinski definition) is 3. The van der Waals surface area contributed by atoms with Gasteiger partial charge in [0.2, 0.25) is 0 Å². The molecule has 0 fully saturated rings. The minimum absolute atomic E-state index is 0.0262. The zero-order valence-electron chi connectivity index (χ0n) is 9.58. The molecule has 3 aromatic rings. The fourth-order valence-corrected chi connectivity index (χ4v) is 1.96. The summed E-state index contributed by atoms with van der Waals surface area (Å²) in [6, 6.07) is 11.1. The zero-order chi connectivity index (χ0) is 12.4. The fourth-order valence-electron chi connectivity index (χ4n) is 1.96. The molecule has 3 rings (SSSR count). The first kappa shape index (κ1) is 10.6. The van der Waals surface area contributed by atoms with Crippen molar-refractivity contribution >= 4 is 16.6 Å². The van der Waals surface area contributed by atoms with Gasteiger partial charge < -0.3 is 0 Å². The van der Waals surface area contributed by atoms with Gasteiger partial charge in [-0.3, -0.25) is 14.8 Å². The quantitative estimate of drug-likeness (QED) is 0.640. The summed E-state index contributed by atoms with van der Waals surface area (Å²) in [6.45, 7) is 0. The van der Waals surface area contributed by atoms with E-state index in [0.29, 0.717) is 11.1 Å². The molecule has 0 amide bonds. The van der Waals surface area contributed by atoms with Crippen LogP contribution in [-0.4, -0.2) is 15.8 Å². The van der Waals surface area contributed by atoms with Gasteiger partial charge >= 0.3 is 0 Å². The van der Waals surface area contributed by atoms with Crippen LogP contribution in [-0.2, 0) is 0 Å². The number of rotatable bonds is 2. The van der Waals surface area contributed by atoms with Crippen LogP contribution in [0.3, 0.4) is 0 Å². The predicted octanol–water partition coefficient (Wildman–Crippen LogP) is 2.86. The molecule has 18 heavy (non-hydrogen) atoms. The van der Waals surface area contributed by atoms with Gasteiger partial charge in [-0.05, 0) is 23.6 Å². The first-order chi connectivity index (χ1) is 8.86. The molecule has 0 atom stereocenters. The van der Waals surface area contributed by atoms with Gasteiger partial charge in [0.05, 0.1) is 0 Å². The molecule has 0 N–H and O–H groups in total. The van der Waals surface area contributed by atoms with Crippen molar-refractivity contribution in [2.75, 3.05) is 0 Å². The van der Waals surface area contributed by atoms with Gasteiger partial charge in [-0.25, -0.2) is 0 Å². The van der Waals surface area contributed by atoms with E-state index in [1.807, 2.05) is 24.3 Å². The summed E-state index contributed by atoms with van der Waals surface area (Å²) in [7, 11) is 0. The number of carbonyl (C=O) groups excluding carboxylic acids is 1. The van der Waals surface area contributed by atoms with Crippen LogP contribution < -0.4 is 0 Å². The van der Waals surface area contributed by atoms with Crippen molar-refractivity contribution in [3.63, 3.8) is 0 Å². The van der Waals surface area contributed by atoms with E-state index in [2.05, 4.69) is 9.97 Å². The van der Waals surface area contributed by atoms with Crippen LogP contribution in [0.1, 0.15) is 15.9 Å². The van der Waals surface area contributed by atoms with Crippen LogP contribution >= 0.6 is 0 Å². The Bertz CT molecular complexity index is 703. The molecule has 0 saturated carbocycles. The van der Waals surface area contributed by atoms with Crippen LogP contribution in [0, 0.1) is 0 Å². The second-order valence-electron chi connectivity index (χ2n) is 3.97. The lowest BCUT2D eigenvalue weighted by molar-refractivity contribution is 0.104. The standard InChI is InChI=1S/C15H10N2O/c18-15(12-4-2-7-16-9-12)13-5-1-3-11-6-8-17-10-14(11)13/h1-10H. The molecule has 3 nitrogen and oxygen atoms in total. The average molecular weight is 234 g/mol. The molecule has 2 aromatic heterocycles. The van der Waals surface area contributed by atoms with Crippen LogP contribution in [0.15, 0.2) is 61.2 Å². The fraction of sp³-hybridized carbons (Fsp3) is 0. The molecule has 86 valence electrons. The van der Waals surface area contributed by atoms with Gasteiger partial charge in [-0.15, -0.1) is 0 Å². The third-order valence-electron chi connectivity index (χ3n) is 2.85. The SMILES string of the molecule is O=C(c1cccnc1)c1cccc2ccncc12. The summed E-state index contributed by atoms with van der Waals surface area (Å²) >= 11 is 0. The Morgan fingerprint density at radius 3 is 2.61 bits per heavy atom. The highest BCUT2D eigenvalue weighted by atomic mass is 16.1. The maximum Gasteiger partial charge on any atom is 0.195 e. The van der Waals surface area contributed by atoms with Crippen LogP contribution in [0.4, 0.5) is 0 Å². The van der Waals surface area contributed by atoms with Crippen LogP contribution in [0.25, 0.3) is 10.8 Å². The Balaban J connectivity index is 2.18. The van der Waals surface area contributed by atoms with Crippen LogP contribution in [0.5, 0.6) is 0 Å². The van der Waals surface area contributed by atoms with E-state index in [0.717, 1.165) is 10.8 Å². The van der Waals surface area contributed by atoms with Crippen molar-refractivity contribution in [2.24, 2.45) is 0 Å². The molecule has 0 saturated heterocycles. The predicted molar refractivity (Wildman–Crippen MR) is 69.4 cm³/mol. The minimum atomic E-state index is -0.0262. The van der Waals surface area contributed by atoms with Crippen molar-refractivity contribution in [2.45, 2.75) is 0 Å². The molecule has 0 aliphatic carbocycles. The molecule has 1 aromatic carbocycles. The van der Waals surface area contributed by atoms with E-state index in [9.17, 15) is 4.79 Å². The molecule has 0 aliphatic rings. The summed E-state index contributed by atoms with van der Waals surface area (Å²) in [5.74, 6) is -0.0262. The summed E-state index contributed by atoms with van der Waals surface area (Å²) in [5.41, 5.74) is 1.25. The second kappa shape index (κ2) is 4.37. The number of carbonyl (C=O) groups is 1. The first-order valence-electron chi connectivity index (χ1n) is 5.64. The lowest BCUT2D eigenvalue weighted by Gasteiger charge is -2.04. The highest BCUT2D eigenvalue weighted by molar-refractivity contribution is 6.16. The van der Waals surface area contributed by atoms with E-state index in [1.54, 1.807) is 36.9 Å². The zero-order valence-corrected chi connectivity index (χ0v) is 9.58. The highest BCUT2D eigenvalue weighted by Gasteiger charge is 2.12. The normalized spacial score (nSPS) is 10.4. The number of pyridine rings is 2. The van der Waals surface area contributed by atoms with Gasteiger partial charge in [-0.1, -0.05) is 18.2 Å². The minimum Gasteiger partial charge on any atom is -0.289 e. The average Bonchev–Trinajstić information content (AvgIpc) is 2.47. The van der Waals surface area contributed by atoms with E-state index < -0.39 is 0 Å². The number of fused-ring (bicyclic) bond motifs is 1. The maximum atomic E-state index is 12.4. The monoisotopic (exact) mass is 234 g/mol. The molecule has 0 unspecified atom stereocenters. The Morgan fingerprint density at radius 2 is 1.78 bits per heavy atom. The van der Waals surface area contributed by atoms with Gasteiger partial charge in [0.15, 0.2) is 5.78 Å². The summed E-state index contributed by atoms with van der Waals surface area (Å²) in [4.78, 5) is 20.4. The number of hydrogen-bond donors (Lipinski definition) is 0. The lowest BCUT2D eigenvalue weighted by Crippen LogP contribution is -2.02. The summed E-state index contributed by atoms with van der Waals surface area (Å²) in [5, 5.41) is 1.88. The molecule has 0 bridgehead atoms. The van der Waals surface area contributed by atoms with Gasteiger partial charge in [-0.2, -0.15) is 0 Å². The van der Waals surface area contributed by atoms with Crippen molar-refractivity contribution in [3.8, 4) is 0 Å². The van der Waals surface area contributed by atoms with E-state index in [-0.39, 0.29) is 5.78 Å². The van der Waals surface area contributed by atoms with Gasteiger partial charge in [0.1, 0.15) is 0 Å². The summed E-state index contributed by atoms with van der Waals surface area (Å²) < 4.78 is 0. The molecular weight excluding hydrogens is 224 g/mol. The van der Waals surface area contributed by atoms with Crippen molar-refractivity contribution in [3.05, 3.63) is 72.3 Å². The maximum absolute atomic E-state index is 12.4. The Kier molecular flexibility index (Phi) is 2.57. The van der Waals surface area contributed by atoms with Gasteiger partial charge in [0, 0.05) is 41.3 Å². The topological polar surface area (TPSA) is 42.9 Å². The van der Waals surface area contributed by atoms with E-state index in [4.69, 9.17) is 0 Å². The van der Waals surface area contributed by atoms with E-state index >= 15 is 0 Å². The molecule has 2 heterocycles. The third kappa shape index (κ3) is 1.76. The highest BCUT2D eigenvalue weighted by Crippen LogP contribution is 2.20. The second-order valence-corrected chi connectivity index (χ2v) is 3.97. The van der Waals surface area contributed by atoms with Gasteiger partial charge in [0.25, 0.3) is 0 Å². The Morgan fingerprint density at radius 1 is 0.889 bits per heavy atom. The summed E-state index contributed by atoms with van der Waals surface area (Å²) in [6.07, 6.45) is 6.68. The smallest absolute Gasteiger partial charge is 0.195 e. The van der Waals surface area contributed by atoms with Crippen molar-refractivity contribution < 1.29 is 4.79 Å². The van der Waals surface area contributed by atoms with Crippen molar-refractivity contribution in [1.82, 2.24) is 9.97 Å². The Labute approximate surface area is 104 Å². The molecule has 0 aliphatic heterocycles. The lowest BCUT2D eigenvalue weighted by atomic mass is 10.00. The Hall–Kier alpha value is -2.55. The van der Waals surface area contributed by atoms with Crippen molar-refractivity contribution in [1.29, 1.82) is 0 Å². The molecular formula is C15H10N2O. The third-order valence-corrected chi connectivity index (χ3v) is 2.85. The van der Waals surface area contributed by atoms with E-state index in [1.165, 1.54) is 0 Å². The number of benzene rings is 1.